The Morgan fingerprint density at radius 1 is 1.17 bits per heavy atom. The van der Waals surface area contributed by atoms with E-state index in [-0.39, 0.29) is 12.4 Å². The number of nitrogens with one attached hydrogen (secondary N) is 2. The van der Waals surface area contributed by atoms with Crippen molar-refractivity contribution in [1.82, 2.24) is 25.6 Å². The van der Waals surface area contributed by atoms with E-state index in [1.54, 1.807) is 34.9 Å². The first-order valence-corrected chi connectivity index (χ1v) is 10.2. The molecule has 0 saturated carbocycles. The zero-order chi connectivity index (χ0) is 20.9. The number of halogens is 1. The van der Waals surface area contributed by atoms with Crippen LogP contribution < -0.4 is 20.3 Å². The highest BCUT2D eigenvalue weighted by Crippen LogP contribution is 2.30. The standard InChI is InChI=1S/C19H16ClN5O4S/c20-12-4-3-5-13(8-12)25-11-21-24-19(25)30-10-17(26)22-23-18(27)16-9-28-14-6-1-2-7-15(14)29-16/h1-8,11,16H,9-10H2,(H,22,26)(H,23,27). The molecule has 154 valence electrons. The molecule has 0 radical (unpaired) electrons. The number of hydrogen-bond donors (Lipinski definition) is 2. The fourth-order valence-electron chi connectivity index (χ4n) is 2.65. The summed E-state index contributed by atoms with van der Waals surface area (Å²) in [5, 5.41) is 8.98. The molecule has 1 aliphatic rings. The molecular formula is C19H16ClN5O4S. The van der Waals surface area contributed by atoms with Gasteiger partial charge in [0.05, 0.1) is 11.4 Å². The smallest absolute Gasteiger partial charge is 0.283 e. The van der Waals surface area contributed by atoms with Gasteiger partial charge in [-0.05, 0) is 30.3 Å². The van der Waals surface area contributed by atoms with E-state index in [1.165, 1.54) is 18.1 Å². The molecule has 0 saturated heterocycles. The van der Waals surface area contributed by atoms with Gasteiger partial charge in [-0.3, -0.25) is 25.0 Å². The number of hydrazine groups is 1. The molecule has 4 rings (SSSR count). The maximum absolute atomic E-state index is 12.2. The molecule has 2 aromatic carbocycles. The highest BCUT2D eigenvalue weighted by Gasteiger charge is 2.27. The van der Waals surface area contributed by atoms with E-state index < -0.39 is 17.9 Å². The van der Waals surface area contributed by atoms with Crippen LogP contribution in [0.2, 0.25) is 5.02 Å². The van der Waals surface area contributed by atoms with Gasteiger partial charge in [0, 0.05) is 5.02 Å². The van der Waals surface area contributed by atoms with Crippen molar-refractivity contribution >= 4 is 35.2 Å². The lowest BCUT2D eigenvalue weighted by atomic mass is 10.2. The highest BCUT2D eigenvalue weighted by molar-refractivity contribution is 7.99. The molecule has 2 N–H and O–H groups in total. The van der Waals surface area contributed by atoms with E-state index in [9.17, 15) is 9.59 Å². The van der Waals surface area contributed by atoms with E-state index in [4.69, 9.17) is 21.1 Å². The van der Waals surface area contributed by atoms with Crippen LogP contribution in [0.3, 0.4) is 0 Å². The zero-order valence-electron chi connectivity index (χ0n) is 15.4. The maximum Gasteiger partial charge on any atom is 0.283 e. The Morgan fingerprint density at radius 3 is 2.83 bits per heavy atom. The third-order valence-corrected chi connectivity index (χ3v) is 5.24. The SMILES string of the molecule is O=C(CSc1nncn1-c1cccc(Cl)c1)NNC(=O)C1COc2ccccc2O1. The van der Waals surface area contributed by atoms with E-state index in [0.29, 0.717) is 21.7 Å². The molecule has 3 aromatic rings. The number of para-hydroxylation sites is 2. The minimum atomic E-state index is -0.862. The second-order valence-corrected chi connectivity index (χ2v) is 7.53. The molecule has 11 heteroatoms. The van der Waals surface area contributed by atoms with Crippen molar-refractivity contribution in [2.75, 3.05) is 12.4 Å². The Labute approximate surface area is 180 Å². The second kappa shape index (κ2) is 9.06. The summed E-state index contributed by atoms with van der Waals surface area (Å²) >= 11 is 7.19. The van der Waals surface area contributed by atoms with Crippen molar-refractivity contribution in [2.24, 2.45) is 0 Å². The number of amides is 2. The maximum atomic E-state index is 12.2. The van der Waals surface area contributed by atoms with E-state index in [2.05, 4.69) is 21.0 Å². The average Bonchev–Trinajstić information content (AvgIpc) is 3.24. The van der Waals surface area contributed by atoms with Gasteiger partial charge in [0.2, 0.25) is 12.0 Å². The molecule has 2 heterocycles. The van der Waals surface area contributed by atoms with Gasteiger partial charge in [0.15, 0.2) is 16.7 Å². The predicted molar refractivity (Wildman–Crippen MR) is 110 cm³/mol. The molecule has 0 fully saturated rings. The number of carbonyl (C=O) groups is 2. The van der Waals surface area contributed by atoms with Gasteiger partial charge in [-0.25, -0.2) is 0 Å². The molecule has 9 nitrogen and oxygen atoms in total. The lowest BCUT2D eigenvalue weighted by Crippen LogP contribution is -2.51. The average molecular weight is 446 g/mol. The summed E-state index contributed by atoms with van der Waals surface area (Å²) in [7, 11) is 0. The van der Waals surface area contributed by atoms with Crippen LogP contribution in [0.4, 0.5) is 0 Å². The van der Waals surface area contributed by atoms with Crippen LogP contribution in [0, 0.1) is 0 Å². The van der Waals surface area contributed by atoms with Gasteiger partial charge >= 0.3 is 0 Å². The lowest BCUT2D eigenvalue weighted by molar-refractivity contribution is -0.134. The van der Waals surface area contributed by atoms with Gasteiger partial charge in [-0.1, -0.05) is 41.6 Å². The third-order valence-electron chi connectivity index (χ3n) is 4.06. The number of fused-ring (bicyclic) bond motifs is 1. The summed E-state index contributed by atoms with van der Waals surface area (Å²) in [6, 6.07) is 14.2. The van der Waals surface area contributed by atoms with E-state index >= 15 is 0 Å². The third kappa shape index (κ3) is 4.66. The minimum Gasteiger partial charge on any atom is -0.485 e. The van der Waals surface area contributed by atoms with Crippen LogP contribution in [0.25, 0.3) is 5.69 Å². The van der Waals surface area contributed by atoms with E-state index in [0.717, 1.165) is 5.69 Å². The number of thioether (sulfide) groups is 1. The van der Waals surface area contributed by atoms with E-state index in [1.807, 2.05) is 18.2 Å². The molecular weight excluding hydrogens is 430 g/mol. The molecule has 1 atom stereocenters. The number of rotatable bonds is 5. The first-order valence-electron chi connectivity index (χ1n) is 8.86. The Balaban J connectivity index is 1.27. The summed E-state index contributed by atoms with van der Waals surface area (Å²) < 4.78 is 12.8. The largest absolute Gasteiger partial charge is 0.485 e. The highest BCUT2D eigenvalue weighted by atomic mass is 35.5. The molecule has 1 aliphatic heterocycles. The number of hydrogen-bond acceptors (Lipinski definition) is 7. The minimum absolute atomic E-state index is 0.0183. The monoisotopic (exact) mass is 445 g/mol. The molecule has 0 bridgehead atoms. The number of nitrogens with zero attached hydrogens (tertiary/aromatic N) is 3. The van der Waals surface area contributed by atoms with Gasteiger partial charge < -0.3 is 9.47 Å². The normalized spacial score (nSPS) is 14.8. The van der Waals surface area contributed by atoms with Crippen molar-refractivity contribution < 1.29 is 19.1 Å². The van der Waals surface area contributed by atoms with Gasteiger partial charge in [-0.15, -0.1) is 10.2 Å². The molecule has 1 aromatic heterocycles. The number of ether oxygens (including phenoxy) is 2. The molecule has 0 spiro atoms. The van der Waals surface area contributed by atoms with Crippen molar-refractivity contribution in [3.8, 4) is 17.2 Å². The van der Waals surface area contributed by atoms with Crippen LogP contribution in [0.5, 0.6) is 11.5 Å². The first-order chi connectivity index (χ1) is 14.6. The fourth-order valence-corrected chi connectivity index (χ4v) is 3.57. The zero-order valence-corrected chi connectivity index (χ0v) is 17.0. The molecule has 0 aliphatic carbocycles. The van der Waals surface area contributed by atoms with Crippen molar-refractivity contribution in [3.63, 3.8) is 0 Å². The Kier molecular flexibility index (Phi) is 6.05. The summed E-state index contributed by atoms with van der Waals surface area (Å²) in [5.41, 5.74) is 5.49. The molecule has 1 unspecified atom stereocenters. The van der Waals surface area contributed by atoms with Crippen LogP contribution in [-0.4, -0.2) is 45.0 Å². The van der Waals surface area contributed by atoms with Gasteiger partial charge in [0.1, 0.15) is 12.9 Å². The van der Waals surface area contributed by atoms with Crippen LogP contribution in [0.15, 0.2) is 60.0 Å². The Bertz CT molecular complexity index is 1080. The number of aromatic nitrogens is 3. The molecule has 30 heavy (non-hydrogen) atoms. The predicted octanol–water partition coefficient (Wildman–Crippen LogP) is 2.00. The van der Waals surface area contributed by atoms with Crippen molar-refractivity contribution in [2.45, 2.75) is 11.3 Å². The summed E-state index contributed by atoms with van der Waals surface area (Å²) in [5.74, 6) is 0.151. The van der Waals surface area contributed by atoms with Gasteiger partial charge in [0.25, 0.3) is 5.91 Å². The Morgan fingerprint density at radius 2 is 2.00 bits per heavy atom. The second-order valence-electron chi connectivity index (χ2n) is 6.15. The van der Waals surface area contributed by atoms with Gasteiger partial charge in [-0.2, -0.15) is 0 Å². The van der Waals surface area contributed by atoms with Crippen molar-refractivity contribution in [3.05, 3.63) is 59.9 Å². The lowest BCUT2D eigenvalue weighted by Gasteiger charge is -2.25. The Hall–Kier alpha value is -3.24. The van der Waals surface area contributed by atoms with Crippen molar-refractivity contribution in [1.29, 1.82) is 0 Å². The fraction of sp³-hybridized carbons (Fsp3) is 0.158. The van der Waals surface area contributed by atoms with Crippen LogP contribution in [0.1, 0.15) is 0 Å². The van der Waals surface area contributed by atoms with Crippen LogP contribution in [-0.2, 0) is 9.59 Å². The quantitative estimate of drug-likeness (QED) is 0.457. The topological polar surface area (TPSA) is 107 Å². The number of benzene rings is 2. The first kappa shape index (κ1) is 20.0. The summed E-state index contributed by atoms with van der Waals surface area (Å²) in [4.78, 5) is 24.4. The molecule has 2 amide bonds. The number of carbonyl (C=O) groups excluding carboxylic acids is 2. The summed E-state index contributed by atoms with van der Waals surface area (Å²) in [6.07, 6.45) is 0.671. The summed E-state index contributed by atoms with van der Waals surface area (Å²) in [6.45, 7) is 0.0518. The van der Waals surface area contributed by atoms with Crippen LogP contribution >= 0.6 is 23.4 Å².